The Kier molecular flexibility index (Phi) is 3.77. The smallest absolute Gasteiger partial charge is 0.0959 e. The number of nitrogens with zero attached hydrogens (tertiary/aromatic N) is 1. The molecule has 2 nitrogen and oxygen atoms in total. The first-order valence-corrected chi connectivity index (χ1v) is 4.24. The summed E-state index contributed by atoms with van der Waals surface area (Å²) >= 11 is 0. The van der Waals surface area contributed by atoms with E-state index in [0.29, 0.717) is 0 Å². The standard InChI is InChI=1S/C10H15NO/c1-2-11(9-12)8-10-6-4-3-5-7-10/h3-7,12H,2,8-9H2,1H3. The van der Waals surface area contributed by atoms with Crippen molar-refractivity contribution >= 4 is 0 Å². The van der Waals surface area contributed by atoms with E-state index in [2.05, 4.69) is 12.1 Å². The van der Waals surface area contributed by atoms with Gasteiger partial charge in [0.25, 0.3) is 0 Å². The monoisotopic (exact) mass is 165 g/mol. The van der Waals surface area contributed by atoms with Crippen LogP contribution in [0.3, 0.4) is 0 Å². The van der Waals surface area contributed by atoms with Crippen molar-refractivity contribution in [3.8, 4) is 0 Å². The average molecular weight is 165 g/mol. The Morgan fingerprint density at radius 1 is 1.25 bits per heavy atom. The molecule has 0 fully saturated rings. The van der Waals surface area contributed by atoms with Crippen LogP contribution in [0, 0.1) is 0 Å². The summed E-state index contributed by atoms with van der Waals surface area (Å²) in [6.45, 7) is 3.88. The number of benzene rings is 1. The average Bonchev–Trinajstić information content (AvgIpc) is 2.16. The predicted octanol–water partition coefficient (Wildman–Crippen LogP) is 1.46. The Bertz CT molecular complexity index is 206. The second kappa shape index (κ2) is 4.91. The molecule has 0 radical (unpaired) electrons. The van der Waals surface area contributed by atoms with Crippen molar-refractivity contribution in [2.45, 2.75) is 13.5 Å². The summed E-state index contributed by atoms with van der Waals surface area (Å²) in [7, 11) is 0. The molecule has 0 saturated carbocycles. The molecule has 12 heavy (non-hydrogen) atoms. The maximum Gasteiger partial charge on any atom is 0.0959 e. The fourth-order valence-corrected chi connectivity index (χ4v) is 1.10. The quantitative estimate of drug-likeness (QED) is 0.683. The Morgan fingerprint density at radius 3 is 2.42 bits per heavy atom. The van der Waals surface area contributed by atoms with Gasteiger partial charge in [-0.3, -0.25) is 4.90 Å². The van der Waals surface area contributed by atoms with Crippen LogP contribution < -0.4 is 0 Å². The van der Waals surface area contributed by atoms with Gasteiger partial charge in [0.05, 0.1) is 6.73 Å². The van der Waals surface area contributed by atoms with E-state index in [1.54, 1.807) is 0 Å². The van der Waals surface area contributed by atoms with Crippen LogP contribution in [0.15, 0.2) is 30.3 Å². The lowest BCUT2D eigenvalue weighted by molar-refractivity contribution is 0.106. The molecule has 0 atom stereocenters. The van der Waals surface area contributed by atoms with Crippen molar-refractivity contribution in [3.63, 3.8) is 0 Å². The molecule has 0 unspecified atom stereocenters. The molecule has 2 heteroatoms. The molecule has 0 heterocycles. The summed E-state index contributed by atoms with van der Waals surface area (Å²) in [5.41, 5.74) is 1.24. The van der Waals surface area contributed by atoms with E-state index in [1.165, 1.54) is 5.56 Å². The zero-order valence-corrected chi connectivity index (χ0v) is 7.40. The minimum atomic E-state index is 0.130. The molecule has 0 aliphatic carbocycles. The molecule has 1 N–H and O–H groups in total. The van der Waals surface area contributed by atoms with Gasteiger partial charge in [0, 0.05) is 6.54 Å². The van der Waals surface area contributed by atoms with Gasteiger partial charge in [-0.2, -0.15) is 0 Å². The van der Waals surface area contributed by atoms with E-state index in [1.807, 2.05) is 30.0 Å². The lowest BCUT2D eigenvalue weighted by Crippen LogP contribution is -2.23. The van der Waals surface area contributed by atoms with Crippen LogP contribution in [0.2, 0.25) is 0 Å². The molecule has 0 aliphatic heterocycles. The number of hydrogen-bond donors (Lipinski definition) is 1. The Hall–Kier alpha value is -0.860. The minimum Gasteiger partial charge on any atom is -0.381 e. The third kappa shape index (κ3) is 2.64. The molecule has 0 aromatic heterocycles. The summed E-state index contributed by atoms with van der Waals surface area (Å²) in [5, 5.41) is 8.91. The van der Waals surface area contributed by atoms with Gasteiger partial charge in [-0.25, -0.2) is 0 Å². The summed E-state index contributed by atoms with van der Waals surface area (Å²) in [4.78, 5) is 1.97. The fourth-order valence-electron chi connectivity index (χ4n) is 1.10. The number of rotatable bonds is 4. The van der Waals surface area contributed by atoms with Gasteiger partial charge in [0.2, 0.25) is 0 Å². The highest BCUT2D eigenvalue weighted by Gasteiger charge is 1.99. The topological polar surface area (TPSA) is 23.5 Å². The van der Waals surface area contributed by atoms with Crippen molar-refractivity contribution < 1.29 is 5.11 Å². The molecular weight excluding hydrogens is 150 g/mol. The summed E-state index contributed by atoms with van der Waals surface area (Å²) in [6, 6.07) is 10.2. The minimum absolute atomic E-state index is 0.130. The van der Waals surface area contributed by atoms with E-state index in [-0.39, 0.29) is 6.73 Å². The molecule has 0 amide bonds. The zero-order valence-electron chi connectivity index (χ0n) is 7.40. The Morgan fingerprint density at radius 2 is 1.92 bits per heavy atom. The number of aliphatic hydroxyl groups excluding tert-OH is 1. The molecule has 1 aromatic rings. The lowest BCUT2D eigenvalue weighted by atomic mass is 10.2. The molecule has 0 aliphatic rings. The maximum absolute atomic E-state index is 8.91. The molecule has 1 rings (SSSR count). The van der Waals surface area contributed by atoms with Gasteiger partial charge in [-0.1, -0.05) is 37.3 Å². The molecular formula is C10H15NO. The van der Waals surface area contributed by atoms with E-state index >= 15 is 0 Å². The third-order valence-corrected chi connectivity index (χ3v) is 1.90. The van der Waals surface area contributed by atoms with Crippen molar-refractivity contribution in [3.05, 3.63) is 35.9 Å². The van der Waals surface area contributed by atoms with E-state index in [9.17, 15) is 0 Å². The van der Waals surface area contributed by atoms with Crippen LogP contribution in [0.1, 0.15) is 12.5 Å². The first-order chi connectivity index (χ1) is 5.86. The van der Waals surface area contributed by atoms with Crippen molar-refractivity contribution in [1.82, 2.24) is 4.90 Å². The molecule has 0 saturated heterocycles. The van der Waals surface area contributed by atoms with Gasteiger partial charge in [-0.05, 0) is 12.1 Å². The van der Waals surface area contributed by atoms with E-state index in [0.717, 1.165) is 13.1 Å². The second-order valence-corrected chi connectivity index (χ2v) is 2.77. The van der Waals surface area contributed by atoms with Gasteiger partial charge in [0.15, 0.2) is 0 Å². The van der Waals surface area contributed by atoms with Crippen LogP contribution >= 0.6 is 0 Å². The SMILES string of the molecule is CCN(CO)Cc1ccccc1. The Labute approximate surface area is 73.4 Å². The summed E-state index contributed by atoms with van der Waals surface area (Å²) in [6.07, 6.45) is 0. The van der Waals surface area contributed by atoms with Crippen LogP contribution in [-0.4, -0.2) is 23.3 Å². The van der Waals surface area contributed by atoms with Crippen molar-refractivity contribution in [2.24, 2.45) is 0 Å². The number of aliphatic hydroxyl groups is 1. The maximum atomic E-state index is 8.91. The highest BCUT2D eigenvalue weighted by atomic mass is 16.3. The molecule has 0 spiro atoms. The van der Waals surface area contributed by atoms with Gasteiger partial charge in [0.1, 0.15) is 0 Å². The van der Waals surface area contributed by atoms with Gasteiger partial charge < -0.3 is 5.11 Å². The van der Waals surface area contributed by atoms with Crippen LogP contribution in [0.25, 0.3) is 0 Å². The predicted molar refractivity (Wildman–Crippen MR) is 49.6 cm³/mol. The fraction of sp³-hybridized carbons (Fsp3) is 0.400. The third-order valence-electron chi connectivity index (χ3n) is 1.90. The molecule has 0 bridgehead atoms. The first-order valence-electron chi connectivity index (χ1n) is 4.24. The summed E-state index contributed by atoms with van der Waals surface area (Å²) in [5.74, 6) is 0. The van der Waals surface area contributed by atoms with Crippen LogP contribution in [0.5, 0.6) is 0 Å². The largest absolute Gasteiger partial charge is 0.381 e. The van der Waals surface area contributed by atoms with E-state index < -0.39 is 0 Å². The molecule has 66 valence electrons. The number of hydrogen-bond acceptors (Lipinski definition) is 2. The normalized spacial score (nSPS) is 10.6. The van der Waals surface area contributed by atoms with Crippen LogP contribution in [0.4, 0.5) is 0 Å². The van der Waals surface area contributed by atoms with Gasteiger partial charge >= 0.3 is 0 Å². The highest BCUT2D eigenvalue weighted by Crippen LogP contribution is 2.02. The van der Waals surface area contributed by atoms with E-state index in [4.69, 9.17) is 5.11 Å². The van der Waals surface area contributed by atoms with Crippen LogP contribution in [-0.2, 0) is 6.54 Å². The van der Waals surface area contributed by atoms with Crippen molar-refractivity contribution in [2.75, 3.05) is 13.3 Å². The highest BCUT2D eigenvalue weighted by molar-refractivity contribution is 5.14. The zero-order chi connectivity index (χ0) is 8.81. The second-order valence-electron chi connectivity index (χ2n) is 2.77. The summed E-state index contributed by atoms with van der Waals surface area (Å²) < 4.78 is 0. The van der Waals surface area contributed by atoms with Gasteiger partial charge in [-0.15, -0.1) is 0 Å². The first kappa shape index (κ1) is 9.23. The Balaban J connectivity index is 2.51. The lowest BCUT2D eigenvalue weighted by Gasteiger charge is -2.16. The van der Waals surface area contributed by atoms with Crippen molar-refractivity contribution in [1.29, 1.82) is 0 Å². The molecule has 1 aromatic carbocycles.